The quantitative estimate of drug-likeness (QED) is 0.781. The molecule has 2 aliphatic rings. The van der Waals surface area contributed by atoms with Crippen LogP contribution in [0, 0.1) is 6.92 Å². The van der Waals surface area contributed by atoms with Crippen molar-refractivity contribution in [2.75, 3.05) is 13.3 Å². The number of aromatic nitrogens is 3. The zero-order valence-electron chi connectivity index (χ0n) is 11.6. The first kappa shape index (κ1) is 12.2. The highest BCUT2D eigenvalue weighted by atomic mass is 16.7. The van der Waals surface area contributed by atoms with E-state index >= 15 is 0 Å². The maximum absolute atomic E-state index is 12.6. The Labute approximate surface area is 121 Å². The number of carbonyl (C=O) groups is 1. The predicted octanol–water partition coefficient (Wildman–Crippen LogP) is 0.971. The van der Waals surface area contributed by atoms with E-state index in [4.69, 9.17) is 9.47 Å². The van der Waals surface area contributed by atoms with Gasteiger partial charge in [-0.05, 0) is 25.1 Å². The van der Waals surface area contributed by atoms with E-state index in [1.807, 2.05) is 11.5 Å². The molecule has 0 atom stereocenters. The Morgan fingerprint density at radius 3 is 2.95 bits per heavy atom. The zero-order chi connectivity index (χ0) is 14.4. The first-order valence-electron chi connectivity index (χ1n) is 6.80. The van der Waals surface area contributed by atoms with Crippen LogP contribution in [0.5, 0.6) is 11.5 Å². The van der Waals surface area contributed by atoms with E-state index in [-0.39, 0.29) is 12.7 Å². The molecule has 21 heavy (non-hydrogen) atoms. The van der Waals surface area contributed by atoms with Crippen molar-refractivity contribution in [1.82, 2.24) is 19.7 Å². The lowest BCUT2D eigenvalue weighted by atomic mass is 10.1. The lowest BCUT2D eigenvalue weighted by Crippen LogP contribution is -2.38. The van der Waals surface area contributed by atoms with Crippen LogP contribution in [0.3, 0.4) is 0 Å². The van der Waals surface area contributed by atoms with E-state index in [0.29, 0.717) is 30.2 Å². The number of rotatable bonds is 1. The minimum absolute atomic E-state index is 0.0276. The van der Waals surface area contributed by atoms with Crippen LogP contribution in [-0.2, 0) is 13.1 Å². The molecule has 0 aliphatic carbocycles. The van der Waals surface area contributed by atoms with Crippen LogP contribution in [0.15, 0.2) is 18.2 Å². The minimum atomic E-state index is -0.0276. The monoisotopic (exact) mass is 286 g/mol. The third-order valence-corrected chi connectivity index (χ3v) is 3.84. The molecule has 0 radical (unpaired) electrons. The van der Waals surface area contributed by atoms with Crippen LogP contribution in [0.2, 0.25) is 0 Å². The van der Waals surface area contributed by atoms with E-state index in [0.717, 1.165) is 18.2 Å². The average molecular weight is 286 g/mol. The van der Waals surface area contributed by atoms with Gasteiger partial charge in [-0.2, -0.15) is 0 Å². The molecule has 0 fully saturated rings. The molecule has 0 saturated heterocycles. The number of hydrogen-bond acceptors (Lipinski definition) is 5. The number of hydrogen-bond donors (Lipinski definition) is 0. The van der Waals surface area contributed by atoms with Crippen LogP contribution >= 0.6 is 0 Å². The molecule has 0 N–H and O–H groups in total. The largest absolute Gasteiger partial charge is 0.454 e. The molecule has 7 nitrogen and oxygen atoms in total. The summed E-state index contributed by atoms with van der Waals surface area (Å²) in [6.45, 7) is 3.99. The molecule has 0 unspecified atom stereocenters. The van der Waals surface area contributed by atoms with Gasteiger partial charge in [0.2, 0.25) is 6.79 Å². The molecule has 0 saturated carbocycles. The Kier molecular flexibility index (Phi) is 2.60. The number of ether oxygens (including phenoxy) is 2. The second kappa shape index (κ2) is 4.47. The van der Waals surface area contributed by atoms with Crippen molar-refractivity contribution < 1.29 is 14.3 Å². The molecule has 4 rings (SSSR count). The molecule has 1 aromatic heterocycles. The third-order valence-electron chi connectivity index (χ3n) is 3.84. The predicted molar refractivity (Wildman–Crippen MR) is 72.1 cm³/mol. The fourth-order valence-electron chi connectivity index (χ4n) is 2.69. The topological polar surface area (TPSA) is 69.5 Å². The third kappa shape index (κ3) is 1.93. The summed E-state index contributed by atoms with van der Waals surface area (Å²) < 4.78 is 12.6. The number of nitrogens with zero attached hydrogens (tertiary/aromatic N) is 4. The van der Waals surface area contributed by atoms with Crippen molar-refractivity contribution in [3.8, 4) is 11.5 Å². The standard InChI is InChI=1S/C14H14N4O3/c1-9-15-16-13-7-17(4-5-18(9)13)14(19)10-2-3-11-12(6-10)21-8-20-11/h2-3,6H,4-5,7-8H2,1H3. The van der Waals surface area contributed by atoms with Gasteiger partial charge in [0.15, 0.2) is 17.3 Å². The average Bonchev–Trinajstić information content (AvgIpc) is 3.12. The van der Waals surface area contributed by atoms with Gasteiger partial charge in [0, 0.05) is 18.7 Å². The molecule has 3 heterocycles. The zero-order valence-corrected chi connectivity index (χ0v) is 11.6. The molecule has 1 aromatic carbocycles. The van der Waals surface area contributed by atoms with Gasteiger partial charge in [-0.3, -0.25) is 4.79 Å². The summed E-state index contributed by atoms with van der Waals surface area (Å²) in [6.07, 6.45) is 0. The summed E-state index contributed by atoms with van der Waals surface area (Å²) in [7, 11) is 0. The number of fused-ring (bicyclic) bond motifs is 2. The molecular formula is C14H14N4O3. The fraction of sp³-hybridized carbons (Fsp3) is 0.357. The van der Waals surface area contributed by atoms with Crippen molar-refractivity contribution in [2.24, 2.45) is 0 Å². The maximum Gasteiger partial charge on any atom is 0.254 e. The Hall–Kier alpha value is -2.57. The van der Waals surface area contributed by atoms with Crippen LogP contribution in [-0.4, -0.2) is 38.9 Å². The Bertz CT molecular complexity index is 725. The van der Waals surface area contributed by atoms with Crippen molar-refractivity contribution in [3.63, 3.8) is 0 Å². The maximum atomic E-state index is 12.6. The molecular weight excluding hydrogens is 272 g/mol. The Morgan fingerprint density at radius 2 is 2.05 bits per heavy atom. The van der Waals surface area contributed by atoms with E-state index in [1.54, 1.807) is 23.1 Å². The van der Waals surface area contributed by atoms with E-state index in [9.17, 15) is 4.79 Å². The highest BCUT2D eigenvalue weighted by molar-refractivity contribution is 5.95. The molecule has 2 aliphatic heterocycles. The number of amides is 1. The Morgan fingerprint density at radius 1 is 1.19 bits per heavy atom. The number of benzene rings is 1. The van der Waals surface area contributed by atoms with Crippen LogP contribution in [0.25, 0.3) is 0 Å². The molecule has 108 valence electrons. The summed E-state index contributed by atoms with van der Waals surface area (Å²) in [6, 6.07) is 5.27. The van der Waals surface area contributed by atoms with Gasteiger partial charge in [-0.15, -0.1) is 10.2 Å². The number of aryl methyl sites for hydroxylation is 1. The van der Waals surface area contributed by atoms with Crippen molar-refractivity contribution in [2.45, 2.75) is 20.0 Å². The van der Waals surface area contributed by atoms with Crippen molar-refractivity contribution in [3.05, 3.63) is 35.4 Å². The smallest absolute Gasteiger partial charge is 0.254 e. The van der Waals surface area contributed by atoms with E-state index < -0.39 is 0 Å². The second-order valence-electron chi connectivity index (χ2n) is 5.11. The summed E-state index contributed by atoms with van der Waals surface area (Å²) in [5.41, 5.74) is 0.601. The van der Waals surface area contributed by atoms with E-state index in [2.05, 4.69) is 10.2 Å². The molecule has 1 amide bonds. The summed E-state index contributed by atoms with van der Waals surface area (Å²) in [5.74, 6) is 2.99. The molecule has 0 spiro atoms. The van der Waals surface area contributed by atoms with Crippen LogP contribution in [0.1, 0.15) is 22.0 Å². The van der Waals surface area contributed by atoms with Gasteiger partial charge in [-0.1, -0.05) is 0 Å². The summed E-state index contributed by atoms with van der Waals surface area (Å²) in [4.78, 5) is 14.4. The van der Waals surface area contributed by atoms with Gasteiger partial charge in [0.25, 0.3) is 5.91 Å². The van der Waals surface area contributed by atoms with Gasteiger partial charge in [0.05, 0.1) is 6.54 Å². The number of carbonyl (C=O) groups excluding carboxylic acids is 1. The van der Waals surface area contributed by atoms with E-state index in [1.165, 1.54) is 0 Å². The highest BCUT2D eigenvalue weighted by Gasteiger charge is 2.25. The first-order chi connectivity index (χ1) is 10.2. The van der Waals surface area contributed by atoms with Crippen LogP contribution in [0.4, 0.5) is 0 Å². The summed E-state index contributed by atoms with van der Waals surface area (Å²) >= 11 is 0. The van der Waals surface area contributed by atoms with Crippen molar-refractivity contribution in [1.29, 1.82) is 0 Å². The first-order valence-corrected chi connectivity index (χ1v) is 6.80. The van der Waals surface area contributed by atoms with Gasteiger partial charge >= 0.3 is 0 Å². The second-order valence-corrected chi connectivity index (χ2v) is 5.11. The van der Waals surface area contributed by atoms with Gasteiger partial charge in [0.1, 0.15) is 5.82 Å². The molecule has 2 aromatic rings. The van der Waals surface area contributed by atoms with Gasteiger partial charge < -0.3 is 18.9 Å². The van der Waals surface area contributed by atoms with Gasteiger partial charge in [-0.25, -0.2) is 0 Å². The lowest BCUT2D eigenvalue weighted by Gasteiger charge is -2.27. The highest BCUT2D eigenvalue weighted by Crippen LogP contribution is 2.33. The fourth-order valence-corrected chi connectivity index (χ4v) is 2.69. The molecule has 7 heteroatoms. The van der Waals surface area contributed by atoms with Crippen LogP contribution < -0.4 is 9.47 Å². The molecule has 0 bridgehead atoms. The Balaban J connectivity index is 1.58. The van der Waals surface area contributed by atoms with Crippen molar-refractivity contribution >= 4 is 5.91 Å². The minimum Gasteiger partial charge on any atom is -0.454 e. The normalized spacial score (nSPS) is 16.0. The lowest BCUT2D eigenvalue weighted by molar-refractivity contribution is 0.0706. The summed E-state index contributed by atoms with van der Waals surface area (Å²) in [5, 5.41) is 8.17. The SMILES string of the molecule is Cc1nnc2n1CCN(C(=O)c1ccc3c(c1)OCO3)C2.